The van der Waals surface area contributed by atoms with Gasteiger partial charge in [0.2, 0.25) is 5.91 Å². The van der Waals surface area contributed by atoms with Crippen molar-refractivity contribution in [1.29, 1.82) is 0 Å². The molecule has 1 aromatic carbocycles. The number of likely N-dealkylation sites (tertiary alicyclic amines) is 1. The molecule has 8 nitrogen and oxygen atoms in total. The summed E-state index contributed by atoms with van der Waals surface area (Å²) in [5.41, 5.74) is 7.94. The number of H-pyrrole nitrogens is 1. The fourth-order valence-corrected chi connectivity index (χ4v) is 5.20. The summed E-state index contributed by atoms with van der Waals surface area (Å²) in [7, 11) is 1.29. The van der Waals surface area contributed by atoms with Gasteiger partial charge in [-0.05, 0) is 67.6 Å². The van der Waals surface area contributed by atoms with Crippen LogP contribution >= 0.6 is 0 Å². The molecule has 1 saturated heterocycles. The number of alkyl carbamates (subject to hydrolysis) is 1. The fourth-order valence-electron chi connectivity index (χ4n) is 5.20. The maximum atomic E-state index is 12.8. The van der Waals surface area contributed by atoms with Gasteiger partial charge in [-0.2, -0.15) is 0 Å². The van der Waals surface area contributed by atoms with Crippen LogP contribution in [0.1, 0.15) is 70.3 Å². The van der Waals surface area contributed by atoms with Gasteiger partial charge >= 0.3 is 6.09 Å². The summed E-state index contributed by atoms with van der Waals surface area (Å²) >= 11 is 0. The number of hydrogen-bond acceptors (Lipinski definition) is 5. The van der Waals surface area contributed by atoms with E-state index in [1.165, 1.54) is 18.2 Å². The first-order valence-electron chi connectivity index (χ1n) is 13.2. The number of methoxy groups -OCH3 is 1. The molecule has 37 heavy (non-hydrogen) atoms. The molecule has 0 radical (unpaired) electrons. The lowest BCUT2D eigenvalue weighted by atomic mass is 9.82. The number of allylic oxidation sites excluding steroid dienone is 4. The first kappa shape index (κ1) is 26.4. The molecule has 4 rings (SSSR count). The second kappa shape index (κ2) is 12.5. The van der Waals surface area contributed by atoms with Gasteiger partial charge in [-0.15, -0.1) is 0 Å². The first-order valence-corrected chi connectivity index (χ1v) is 13.2. The van der Waals surface area contributed by atoms with Crippen LogP contribution in [0.3, 0.4) is 0 Å². The van der Waals surface area contributed by atoms with Crippen molar-refractivity contribution >= 4 is 17.7 Å². The van der Waals surface area contributed by atoms with E-state index in [9.17, 15) is 9.59 Å². The molecule has 1 unspecified atom stereocenters. The molecule has 2 heterocycles. The molecule has 2 aromatic rings. The normalized spacial score (nSPS) is 19.4. The SMILES string of the molecule is CCC(=N/C(CC)=C1/CCCN1C(=O)CNC(=O)OC)C1=CCC(c2ccc(-c3cnc[nH]3)cc2)CC1. The largest absolute Gasteiger partial charge is 0.453 e. The van der Waals surface area contributed by atoms with E-state index in [-0.39, 0.29) is 12.5 Å². The van der Waals surface area contributed by atoms with Crippen molar-refractivity contribution in [2.75, 3.05) is 20.2 Å². The lowest BCUT2D eigenvalue weighted by Gasteiger charge is -2.24. The van der Waals surface area contributed by atoms with Crippen LogP contribution in [0.4, 0.5) is 4.79 Å². The van der Waals surface area contributed by atoms with Gasteiger partial charge in [-0.3, -0.25) is 9.79 Å². The molecule has 2 aliphatic rings. The summed E-state index contributed by atoms with van der Waals surface area (Å²) in [5.74, 6) is 0.377. The van der Waals surface area contributed by atoms with E-state index < -0.39 is 6.09 Å². The molecule has 1 fully saturated rings. The summed E-state index contributed by atoms with van der Waals surface area (Å²) in [4.78, 5) is 38.3. The van der Waals surface area contributed by atoms with Gasteiger partial charge in [0.05, 0.1) is 31.0 Å². The van der Waals surface area contributed by atoms with E-state index in [4.69, 9.17) is 4.99 Å². The van der Waals surface area contributed by atoms with E-state index in [2.05, 4.69) is 64.2 Å². The Kier molecular flexibility index (Phi) is 8.93. The minimum Gasteiger partial charge on any atom is -0.453 e. The van der Waals surface area contributed by atoms with Crippen molar-refractivity contribution in [3.63, 3.8) is 0 Å². The highest BCUT2D eigenvalue weighted by atomic mass is 16.5. The molecular formula is C29H37N5O3. The molecule has 0 saturated carbocycles. The number of carbonyl (C=O) groups excluding carboxylic acids is 2. The Morgan fingerprint density at radius 3 is 2.62 bits per heavy atom. The minimum absolute atomic E-state index is 0.0765. The van der Waals surface area contributed by atoms with Crippen LogP contribution in [0.15, 0.2) is 64.8 Å². The third-order valence-corrected chi connectivity index (χ3v) is 7.24. The van der Waals surface area contributed by atoms with Crippen LogP contribution in [0.5, 0.6) is 0 Å². The van der Waals surface area contributed by atoms with Gasteiger partial charge in [0.25, 0.3) is 0 Å². The zero-order chi connectivity index (χ0) is 26.2. The Morgan fingerprint density at radius 1 is 1.19 bits per heavy atom. The highest BCUT2D eigenvalue weighted by Gasteiger charge is 2.27. The van der Waals surface area contributed by atoms with Crippen LogP contribution in [-0.4, -0.2) is 52.8 Å². The molecular weight excluding hydrogens is 466 g/mol. The highest BCUT2D eigenvalue weighted by Crippen LogP contribution is 2.35. The monoisotopic (exact) mass is 503 g/mol. The molecule has 1 aliphatic carbocycles. The predicted octanol–water partition coefficient (Wildman–Crippen LogP) is 5.72. The average Bonchev–Trinajstić information content (AvgIpc) is 3.66. The van der Waals surface area contributed by atoms with Gasteiger partial charge in [0, 0.05) is 18.0 Å². The molecule has 196 valence electrons. The third-order valence-electron chi connectivity index (χ3n) is 7.24. The molecule has 8 heteroatoms. The maximum absolute atomic E-state index is 12.8. The van der Waals surface area contributed by atoms with Crippen molar-refractivity contribution in [2.45, 2.75) is 64.7 Å². The summed E-state index contributed by atoms with van der Waals surface area (Å²) in [6, 6.07) is 8.79. The second-order valence-corrected chi connectivity index (χ2v) is 9.44. The number of aliphatic imine (C=N–C) groups is 1. The van der Waals surface area contributed by atoms with Crippen molar-refractivity contribution < 1.29 is 14.3 Å². The number of aromatic amines is 1. The minimum atomic E-state index is -0.601. The Labute approximate surface area is 218 Å². The summed E-state index contributed by atoms with van der Waals surface area (Å²) < 4.78 is 4.58. The standard InChI is InChI=1S/C29H37N5O3/c1-4-24(33-25(5-2)27-7-6-16-34(27)28(35)18-31-29(36)37-3)22-12-8-20(9-13-22)21-10-14-23(15-11-21)26-17-30-19-32-26/h10-12,14-15,17,19-20H,4-9,13,16,18H2,1-3H3,(H,30,32)(H,31,36)/b27-25-,33-24?. The average molecular weight is 504 g/mol. The Morgan fingerprint density at radius 2 is 2.00 bits per heavy atom. The van der Waals surface area contributed by atoms with Gasteiger partial charge in [0.15, 0.2) is 0 Å². The van der Waals surface area contributed by atoms with Crippen molar-refractivity contribution in [2.24, 2.45) is 4.99 Å². The fraction of sp³-hybridized carbons (Fsp3) is 0.448. The first-order chi connectivity index (χ1) is 18.0. The zero-order valence-electron chi connectivity index (χ0n) is 22.0. The lowest BCUT2D eigenvalue weighted by Crippen LogP contribution is -2.38. The Hall–Kier alpha value is -3.68. The van der Waals surface area contributed by atoms with E-state index in [1.54, 1.807) is 11.2 Å². The van der Waals surface area contributed by atoms with Gasteiger partial charge in [-0.25, -0.2) is 9.78 Å². The number of benzene rings is 1. The van der Waals surface area contributed by atoms with Crippen LogP contribution in [-0.2, 0) is 9.53 Å². The summed E-state index contributed by atoms with van der Waals surface area (Å²) in [6.07, 6.45) is 11.7. The number of ether oxygens (including phenoxy) is 1. The van der Waals surface area contributed by atoms with Gasteiger partial charge < -0.3 is 19.9 Å². The van der Waals surface area contributed by atoms with Gasteiger partial charge in [-0.1, -0.05) is 44.2 Å². The predicted molar refractivity (Wildman–Crippen MR) is 145 cm³/mol. The maximum Gasteiger partial charge on any atom is 0.407 e. The lowest BCUT2D eigenvalue weighted by molar-refractivity contribution is -0.127. The van der Waals surface area contributed by atoms with Crippen LogP contribution < -0.4 is 5.32 Å². The van der Waals surface area contributed by atoms with Crippen molar-refractivity contribution in [3.05, 3.63) is 65.4 Å². The van der Waals surface area contributed by atoms with Crippen molar-refractivity contribution in [3.8, 4) is 11.3 Å². The summed E-state index contributed by atoms with van der Waals surface area (Å²) in [6.45, 7) is 4.81. The van der Waals surface area contributed by atoms with E-state index in [1.807, 2.05) is 6.20 Å². The smallest absolute Gasteiger partial charge is 0.407 e. The number of carbonyl (C=O) groups is 2. The highest BCUT2D eigenvalue weighted by molar-refractivity contribution is 6.00. The Bertz CT molecular complexity index is 1180. The van der Waals surface area contributed by atoms with E-state index in [0.717, 1.165) is 73.3 Å². The molecule has 2 amide bonds. The number of nitrogens with zero attached hydrogens (tertiary/aromatic N) is 3. The summed E-state index contributed by atoms with van der Waals surface area (Å²) in [5, 5.41) is 2.49. The zero-order valence-corrected chi connectivity index (χ0v) is 22.0. The third kappa shape index (κ3) is 6.37. The van der Waals surface area contributed by atoms with Crippen LogP contribution in [0.2, 0.25) is 0 Å². The second-order valence-electron chi connectivity index (χ2n) is 9.44. The van der Waals surface area contributed by atoms with Gasteiger partial charge in [0.1, 0.15) is 6.54 Å². The molecule has 2 N–H and O–H groups in total. The number of aromatic nitrogens is 2. The van der Waals surface area contributed by atoms with Crippen molar-refractivity contribution in [1.82, 2.24) is 20.2 Å². The number of hydrogen-bond donors (Lipinski definition) is 2. The number of rotatable bonds is 8. The molecule has 1 aliphatic heterocycles. The molecule has 0 spiro atoms. The number of nitrogens with one attached hydrogen (secondary N) is 2. The quantitative estimate of drug-likeness (QED) is 0.450. The Balaban J connectivity index is 1.46. The molecule has 0 bridgehead atoms. The molecule has 1 atom stereocenters. The molecule has 1 aromatic heterocycles. The number of imidazole rings is 1. The van der Waals surface area contributed by atoms with E-state index in [0.29, 0.717) is 12.5 Å². The topological polar surface area (TPSA) is 99.7 Å². The van der Waals surface area contributed by atoms with Crippen LogP contribution in [0, 0.1) is 0 Å². The van der Waals surface area contributed by atoms with Crippen LogP contribution in [0.25, 0.3) is 11.3 Å². The van der Waals surface area contributed by atoms with E-state index >= 15 is 0 Å². The number of amides is 2.